The summed E-state index contributed by atoms with van der Waals surface area (Å²) in [6.07, 6.45) is 7.77. The molecule has 0 aliphatic rings. The van der Waals surface area contributed by atoms with Crippen LogP contribution in [0.3, 0.4) is 0 Å². The molecule has 2 unspecified atom stereocenters. The highest BCUT2D eigenvalue weighted by Crippen LogP contribution is 2.23. The maximum absolute atomic E-state index is 12.1. The second kappa shape index (κ2) is 9.03. The number of carbonyl (C=O) groups excluding carboxylic acids is 1. The third-order valence-corrected chi connectivity index (χ3v) is 3.29. The van der Waals surface area contributed by atoms with Crippen LogP contribution >= 0.6 is 0 Å². The fraction of sp³-hybridized carbons (Fsp3) is 0.667. The molecule has 0 heterocycles. The Balaban J connectivity index is 4.63. The molecule has 0 saturated carbocycles. The van der Waals surface area contributed by atoms with E-state index in [1.165, 1.54) is 0 Å². The van der Waals surface area contributed by atoms with Gasteiger partial charge in [-0.25, -0.2) is 0 Å². The van der Waals surface area contributed by atoms with E-state index in [4.69, 9.17) is 0 Å². The van der Waals surface area contributed by atoms with Crippen molar-refractivity contribution in [3.05, 3.63) is 24.8 Å². The highest BCUT2D eigenvalue weighted by Gasteiger charge is 2.20. The van der Waals surface area contributed by atoms with Gasteiger partial charge in [0.1, 0.15) is 0 Å². The van der Waals surface area contributed by atoms with Gasteiger partial charge >= 0.3 is 0 Å². The number of hydrogen-bond donors (Lipinski definition) is 0. The molecule has 2 heteroatoms. The van der Waals surface area contributed by atoms with Gasteiger partial charge < -0.3 is 4.90 Å². The van der Waals surface area contributed by atoms with Crippen LogP contribution in [0.25, 0.3) is 0 Å². The molecular weight excluding hydrogens is 210 g/mol. The first-order valence-electron chi connectivity index (χ1n) is 6.67. The van der Waals surface area contributed by atoms with Gasteiger partial charge in [-0.2, -0.15) is 0 Å². The lowest BCUT2D eigenvalue weighted by molar-refractivity contribution is -0.131. The van der Waals surface area contributed by atoms with Crippen molar-refractivity contribution in [1.82, 2.24) is 4.90 Å². The van der Waals surface area contributed by atoms with Gasteiger partial charge in [-0.3, -0.25) is 4.79 Å². The predicted molar refractivity (Wildman–Crippen MR) is 74.8 cm³/mol. The summed E-state index contributed by atoms with van der Waals surface area (Å²) in [4.78, 5) is 14.0. The molecule has 0 N–H and O–H groups in total. The smallest absolute Gasteiger partial charge is 0.223 e. The third kappa shape index (κ3) is 5.20. The molecule has 0 bridgehead atoms. The summed E-state index contributed by atoms with van der Waals surface area (Å²) in [7, 11) is 0. The molecule has 2 nitrogen and oxygen atoms in total. The second-order valence-electron chi connectivity index (χ2n) is 4.27. The van der Waals surface area contributed by atoms with E-state index in [-0.39, 0.29) is 11.8 Å². The summed E-state index contributed by atoms with van der Waals surface area (Å²) < 4.78 is 0. The van der Waals surface area contributed by atoms with Crippen molar-refractivity contribution >= 4 is 5.91 Å². The van der Waals surface area contributed by atoms with E-state index in [9.17, 15) is 4.79 Å². The van der Waals surface area contributed by atoms with E-state index in [0.717, 1.165) is 19.5 Å². The molecule has 0 aromatic rings. The van der Waals surface area contributed by atoms with Gasteiger partial charge in [0.05, 0.1) is 0 Å². The Morgan fingerprint density at radius 2 is 1.82 bits per heavy atom. The molecule has 0 aromatic carbocycles. The van der Waals surface area contributed by atoms with Crippen LogP contribution in [0, 0.1) is 11.8 Å². The highest BCUT2D eigenvalue weighted by atomic mass is 16.2. The fourth-order valence-electron chi connectivity index (χ4n) is 2.16. The predicted octanol–water partition coefficient (Wildman–Crippen LogP) is 3.65. The van der Waals surface area contributed by atoms with Gasteiger partial charge in [0.2, 0.25) is 5.91 Å². The molecule has 2 atom stereocenters. The maximum atomic E-state index is 12.1. The van der Waals surface area contributed by atoms with Crippen LogP contribution in [0.15, 0.2) is 24.8 Å². The molecule has 0 spiro atoms. The van der Waals surface area contributed by atoms with Gasteiger partial charge in [-0.1, -0.05) is 25.2 Å². The molecule has 0 aliphatic heterocycles. The maximum Gasteiger partial charge on any atom is 0.223 e. The van der Waals surface area contributed by atoms with Gasteiger partial charge in [0, 0.05) is 19.5 Å². The topological polar surface area (TPSA) is 20.3 Å². The molecule has 0 radical (unpaired) electrons. The first kappa shape index (κ1) is 16.0. The zero-order valence-corrected chi connectivity index (χ0v) is 11.8. The number of hydrogen-bond acceptors (Lipinski definition) is 1. The van der Waals surface area contributed by atoms with Crippen LogP contribution in [-0.2, 0) is 4.79 Å². The summed E-state index contributed by atoms with van der Waals surface area (Å²) in [6, 6.07) is 0. The van der Waals surface area contributed by atoms with E-state index in [0.29, 0.717) is 12.3 Å². The molecule has 0 saturated heterocycles. The number of allylic oxidation sites excluding steroid dienone is 3. The molecule has 0 rings (SSSR count). The minimum atomic E-state index is 0.249. The average Bonchev–Trinajstić information content (AvgIpc) is 2.32. The minimum Gasteiger partial charge on any atom is -0.343 e. The van der Waals surface area contributed by atoms with Crippen LogP contribution in [0.4, 0.5) is 0 Å². The molecule has 98 valence electrons. The number of rotatable bonds is 8. The summed E-state index contributed by atoms with van der Waals surface area (Å²) in [6.45, 7) is 13.7. The summed E-state index contributed by atoms with van der Waals surface area (Å²) >= 11 is 0. The van der Waals surface area contributed by atoms with Crippen LogP contribution in [-0.4, -0.2) is 23.9 Å². The van der Waals surface area contributed by atoms with Crippen molar-refractivity contribution in [2.45, 2.75) is 40.5 Å². The van der Waals surface area contributed by atoms with E-state index in [1.54, 1.807) is 0 Å². The van der Waals surface area contributed by atoms with E-state index < -0.39 is 0 Å². The molecule has 17 heavy (non-hydrogen) atoms. The Morgan fingerprint density at radius 1 is 1.24 bits per heavy atom. The van der Waals surface area contributed by atoms with E-state index >= 15 is 0 Å². The van der Waals surface area contributed by atoms with Crippen molar-refractivity contribution in [2.24, 2.45) is 11.8 Å². The van der Waals surface area contributed by atoms with E-state index in [1.807, 2.05) is 37.8 Å². The number of nitrogens with zero attached hydrogens (tertiary/aromatic N) is 1. The molecular formula is C15H27NO. The van der Waals surface area contributed by atoms with Crippen LogP contribution in [0.1, 0.15) is 40.5 Å². The quantitative estimate of drug-likeness (QED) is 0.590. The molecule has 0 aliphatic carbocycles. The first-order chi connectivity index (χ1) is 8.14. The lowest BCUT2D eigenvalue weighted by Gasteiger charge is -2.24. The molecule has 0 aromatic heterocycles. The van der Waals surface area contributed by atoms with Crippen LogP contribution in [0.2, 0.25) is 0 Å². The monoisotopic (exact) mass is 237 g/mol. The molecule has 0 fully saturated rings. The zero-order valence-electron chi connectivity index (χ0n) is 11.8. The standard InChI is InChI=1S/C15H27NO/c1-6-11-14(13(7-2)8-3)12-15(17)16(9-4)10-5/h6-7,11,13-14H,2,8-10,12H2,1,3-5H3. The molecule has 1 amide bonds. The Kier molecular flexibility index (Phi) is 8.47. The normalized spacial score (nSPS) is 14.6. The van der Waals surface area contributed by atoms with Crippen LogP contribution in [0.5, 0.6) is 0 Å². The van der Waals surface area contributed by atoms with E-state index in [2.05, 4.69) is 19.6 Å². The SMILES string of the molecule is C=CC(CC)C(C=CC)CC(=O)N(CC)CC. The highest BCUT2D eigenvalue weighted by molar-refractivity contribution is 5.76. The van der Waals surface area contributed by atoms with Crippen molar-refractivity contribution in [2.75, 3.05) is 13.1 Å². The zero-order chi connectivity index (χ0) is 13.3. The largest absolute Gasteiger partial charge is 0.343 e. The lowest BCUT2D eigenvalue weighted by Crippen LogP contribution is -2.32. The van der Waals surface area contributed by atoms with Crippen molar-refractivity contribution in [3.8, 4) is 0 Å². The Hall–Kier alpha value is -1.05. The summed E-state index contributed by atoms with van der Waals surface area (Å²) in [5, 5.41) is 0. The third-order valence-electron chi connectivity index (χ3n) is 3.29. The number of carbonyl (C=O) groups is 1. The average molecular weight is 237 g/mol. The lowest BCUT2D eigenvalue weighted by atomic mass is 9.86. The second-order valence-corrected chi connectivity index (χ2v) is 4.27. The first-order valence-corrected chi connectivity index (χ1v) is 6.67. The fourth-order valence-corrected chi connectivity index (χ4v) is 2.16. The van der Waals surface area contributed by atoms with Gasteiger partial charge in [0.15, 0.2) is 0 Å². The Morgan fingerprint density at radius 3 is 2.18 bits per heavy atom. The Bertz CT molecular complexity index is 254. The summed E-state index contributed by atoms with van der Waals surface area (Å²) in [5.41, 5.74) is 0. The van der Waals surface area contributed by atoms with Crippen molar-refractivity contribution in [3.63, 3.8) is 0 Å². The van der Waals surface area contributed by atoms with Crippen molar-refractivity contribution < 1.29 is 4.79 Å². The van der Waals surface area contributed by atoms with Gasteiger partial charge in [-0.15, -0.1) is 6.58 Å². The number of amides is 1. The van der Waals surface area contributed by atoms with Crippen LogP contribution < -0.4 is 0 Å². The summed E-state index contributed by atoms with van der Waals surface area (Å²) in [5.74, 6) is 0.930. The minimum absolute atomic E-state index is 0.249. The Labute approximate surface area is 106 Å². The van der Waals surface area contributed by atoms with Gasteiger partial charge in [-0.05, 0) is 39.0 Å². The van der Waals surface area contributed by atoms with Crippen molar-refractivity contribution in [1.29, 1.82) is 0 Å². The van der Waals surface area contributed by atoms with Gasteiger partial charge in [0.25, 0.3) is 0 Å².